The van der Waals surface area contributed by atoms with E-state index in [1.54, 1.807) is 22.3 Å². The number of hydrogen-bond donors (Lipinski definition) is 0. The molecule has 8 bridgehead atoms. The third-order valence-electron chi connectivity index (χ3n) is 20.4. The molecule has 0 radical (unpaired) electrons. The Hall–Kier alpha value is -3.20. The van der Waals surface area contributed by atoms with Gasteiger partial charge in [0.25, 0.3) is 0 Å². The van der Waals surface area contributed by atoms with Gasteiger partial charge in [-0.25, -0.2) is 0 Å². The van der Waals surface area contributed by atoms with Crippen LogP contribution in [0.25, 0.3) is 0 Å². The van der Waals surface area contributed by atoms with Gasteiger partial charge in [-0.15, -0.1) is 0 Å². The van der Waals surface area contributed by atoms with Gasteiger partial charge in [-0.2, -0.15) is 0 Å². The second-order valence-electron chi connectivity index (χ2n) is 25.4. The summed E-state index contributed by atoms with van der Waals surface area (Å²) >= 11 is 0. The highest BCUT2D eigenvalue weighted by Gasteiger charge is 2.44. The fraction of sp³-hybridized carbons (Fsp3) is 0.636. The average molecular weight is 915 g/mol. The van der Waals surface area contributed by atoms with Crippen molar-refractivity contribution in [2.24, 2.45) is 11.8 Å². The Kier molecular flexibility index (Phi) is 15.6. The summed E-state index contributed by atoms with van der Waals surface area (Å²) in [6.07, 6.45) is 25.7. The van der Waals surface area contributed by atoms with E-state index in [4.69, 9.17) is 0 Å². The summed E-state index contributed by atoms with van der Waals surface area (Å²) in [6, 6.07) is 38.1. The lowest BCUT2D eigenvalue weighted by Crippen LogP contribution is -2.50. The summed E-state index contributed by atoms with van der Waals surface area (Å²) < 4.78 is 0. The molecule has 68 heavy (non-hydrogen) atoms. The topological polar surface area (TPSA) is 6.48 Å². The second kappa shape index (κ2) is 21.3. The van der Waals surface area contributed by atoms with Gasteiger partial charge in [0.15, 0.2) is 0 Å². The van der Waals surface area contributed by atoms with Gasteiger partial charge in [0.05, 0.1) is 0 Å². The van der Waals surface area contributed by atoms with Gasteiger partial charge in [0, 0.05) is 0 Å². The molecule has 0 unspecified atom stereocenters. The van der Waals surface area contributed by atoms with Gasteiger partial charge in [0.1, 0.15) is 0 Å². The van der Waals surface area contributed by atoms with E-state index in [0.29, 0.717) is 45.3 Å². The molecule has 6 saturated carbocycles. The molecule has 4 aromatic rings. The molecule has 0 atom stereocenters. The molecule has 368 valence electrons. The number of nitrogens with zero attached hydrogens (tertiary/aromatic N) is 2. The Balaban J connectivity index is 0.000000113. The molecule has 6 saturated heterocycles. The second-order valence-corrected chi connectivity index (χ2v) is 25.4. The van der Waals surface area contributed by atoms with E-state index in [2.05, 4.69) is 162 Å². The van der Waals surface area contributed by atoms with Crippen LogP contribution in [0.2, 0.25) is 0 Å². The van der Waals surface area contributed by atoms with Crippen LogP contribution >= 0.6 is 0 Å². The molecule has 6 aliphatic carbocycles. The Labute approximate surface area is 416 Å². The zero-order valence-corrected chi connectivity index (χ0v) is 44.6. The fourth-order valence-corrected chi connectivity index (χ4v) is 14.8. The van der Waals surface area contributed by atoms with Crippen molar-refractivity contribution in [3.8, 4) is 0 Å². The van der Waals surface area contributed by atoms with Gasteiger partial charge in [-0.3, -0.25) is 0 Å². The number of benzene rings is 4. The van der Waals surface area contributed by atoms with Crippen LogP contribution in [0.3, 0.4) is 0 Å². The number of hydrogen-bond acceptors (Lipinski definition) is 2. The van der Waals surface area contributed by atoms with Crippen LogP contribution in [0.1, 0.15) is 239 Å². The zero-order chi connectivity index (χ0) is 47.5. The molecule has 2 nitrogen and oxygen atoms in total. The molecular weight excluding hydrogens is 821 g/mol. The third kappa shape index (κ3) is 10.8. The van der Waals surface area contributed by atoms with Crippen LogP contribution in [-0.2, 0) is 21.7 Å². The largest absolute Gasteiger partial charge is 0.303 e. The summed E-state index contributed by atoms with van der Waals surface area (Å²) in [5.41, 5.74) is 14.5. The van der Waals surface area contributed by atoms with Crippen molar-refractivity contribution in [1.82, 2.24) is 9.80 Å². The minimum atomic E-state index is 0.518. The van der Waals surface area contributed by atoms with Crippen LogP contribution in [0, 0.1) is 11.8 Å². The Bertz CT molecular complexity index is 1780. The molecule has 2 heteroatoms. The van der Waals surface area contributed by atoms with Crippen molar-refractivity contribution in [3.05, 3.63) is 142 Å². The number of fused-ring (bicyclic) bond motifs is 12. The maximum Gasteiger partial charge on any atom is -0.00102 e. The first-order valence-corrected chi connectivity index (χ1v) is 28.6. The number of piperidine rings is 6. The van der Waals surface area contributed by atoms with Crippen LogP contribution in [0.4, 0.5) is 0 Å². The molecule has 6 aliphatic heterocycles. The van der Waals surface area contributed by atoms with E-state index in [1.807, 2.05) is 0 Å². The van der Waals surface area contributed by atoms with Crippen molar-refractivity contribution in [2.75, 3.05) is 39.3 Å². The van der Waals surface area contributed by atoms with Crippen LogP contribution in [-0.4, -0.2) is 49.1 Å². The van der Waals surface area contributed by atoms with E-state index in [-0.39, 0.29) is 0 Å². The van der Waals surface area contributed by atoms with Gasteiger partial charge in [-0.1, -0.05) is 152 Å². The van der Waals surface area contributed by atoms with Gasteiger partial charge < -0.3 is 9.80 Å². The summed E-state index contributed by atoms with van der Waals surface area (Å²) in [4.78, 5) is 5.23. The first-order valence-electron chi connectivity index (χ1n) is 28.6. The smallest absolute Gasteiger partial charge is 0.00102 e. The monoisotopic (exact) mass is 915 g/mol. The maximum atomic E-state index is 2.62. The lowest BCUT2D eigenvalue weighted by atomic mass is 9.58. The molecule has 6 heterocycles. The molecule has 12 fully saturated rings. The molecule has 0 amide bonds. The standard InChI is InChI=1S/2C17H24.2C16H23N/c2*1-13(2)15-3-5-16(6-4-15)17-10-7-14(8-11-17)9-12-17;2*1-13(2)14-3-5-15(6-4-14)16-7-10-17(11-8-16)12-9-16/h2*3-6,13-14H,7-12H2,1-2H3;2*3-6,13H,7-12H2,1-2H3. The number of rotatable bonds is 8. The SMILES string of the molecule is CC(C)c1ccc(C23CCC(CC2)CC3)cc1.CC(C)c1ccc(C23CCC(CC2)CC3)cc1.CC(C)c1ccc(C23CCN(CC2)CC3)cc1.CC(C)c1ccc(C23CCN(CC2)CC3)cc1. The van der Waals surface area contributed by atoms with Gasteiger partial charge in [-0.05, 0) is 257 Å². The van der Waals surface area contributed by atoms with Crippen LogP contribution in [0.15, 0.2) is 97.1 Å². The summed E-state index contributed by atoms with van der Waals surface area (Å²) in [7, 11) is 0. The first-order chi connectivity index (χ1) is 32.8. The van der Waals surface area contributed by atoms with Crippen LogP contribution < -0.4 is 0 Å². The lowest BCUT2D eigenvalue weighted by molar-refractivity contribution is 0.0817. The minimum Gasteiger partial charge on any atom is -0.303 e. The maximum absolute atomic E-state index is 2.62. The van der Waals surface area contributed by atoms with Crippen molar-refractivity contribution < 1.29 is 0 Å². The Morgan fingerprint density at radius 1 is 0.279 bits per heavy atom. The van der Waals surface area contributed by atoms with Crippen molar-refractivity contribution >= 4 is 0 Å². The van der Waals surface area contributed by atoms with E-state index in [0.717, 1.165) is 11.8 Å². The quantitative estimate of drug-likeness (QED) is 0.174. The minimum absolute atomic E-state index is 0.518. The predicted molar refractivity (Wildman–Crippen MR) is 292 cm³/mol. The fourth-order valence-electron chi connectivity index (χ4n) is 14.8. The first kappa shape index (κ1) is 49.8. The van der Waals surface area contributed by atoms with Gasteiger partial charge in [0.2, 0.25) is 0 Å². The molecule has 4 aromatic carbocycles. The van der Waals surface area contributed by atoms with Crippen molar-refractivity contribution in [1.29, 1.82) is 0 Å². The summed E-state index contributed by atoms with van der Waals surface area (Å²) in [6.45, 7) is 26.1. The molecule has 0 N–H and O–H groups in total. The summed E-state index contributed by atoms with van der Waals surface area (Å²) in [5.74, 6) is 4.73. The van der Waals surface area contributed by atoms with Crippen LogP contribution in [0.5, 0.6) is 0 Å². The van der Waals surface area contributed by atoms with E-state index >= 15 is 0 Å². The third-order valence-corrected chi connectivity index (χ3v) is 20.4. The Morgan fingerprint density at radius 2 is 0.456 bits per heavy atom. The summed E-state index contributed by atoms with van der Waals surface area (Å²) in [5, 5.41) is 0. The van der Waals surface area contributed by atoms with E-state index < -0.39 is 0 Å². The van der Waals surface area contributed by atoms with E-state index in [9.17, 15) is 0 Å². The highest BCUT2D eigenvalue weighted by molar-refractivity contribution is 5.35. The molecule has 12 aliphatic rings. The molecular formula is C66H94N2. The zero-order valence-electron chi connectivity index (χ0n) is 44.6. The highest BCUT2D eigenvalue weighted by Crippen LogP contribution is 2.53. The molecule has 0 spiro atoms. The average Bonchev–Trinajstić information content (AvgIpc) is 3.41. The van der Waals surface area contributed by atoms with Crippen molar-refractivity contribution in [3.63, 3.8) is 0 Å². The normalized spacial score (nSPS) is 32.1. The van der Waals surface area contributed by atoms with Crippen molar-refractivity contribution in [2.45, 2.75) is 216 Å². The lowest BCUT2D eigenvalue weighted by Gasteiger charge is -2.49. The highest BCUT2D eigenvalue weighted by atomic mass is 15.2. The van der Waals surface area contributed by atoms with Gasteiger partial charge >= 0.3 is 0 Å². The predicted octanol–water partition coefficient (Wildman–Crippen LogP) is 17.2. The molecule has 16 rings (SSSR count). The molecule has 0 aromatic heterocycles. The van der Waals surface area contributed by atoms with E-state index in [1.165, 1.54) is 177 Å². The Morgan fingerprint density at radius 3 is 0.632 bits per heavy atom.